The maximum atomic E-state index is 14.4. The van der Waals surface area contributed by atoms with Gasteiger partial charge in [-0.1, -0.05) is 76.1 Å². The van der Waals surface area contributed by atoms with Crippen LogP contribution in [0.4, 0.5) is 5.69 Å². The highest BCUT2D eigenvalue weighted by molar-refractivity contribution is 9.10. The van der Waals surface area contributed by atoms with E-state index in [0.717, 1.165) is 25.5 Å². The summed E-state index contributed by atoms with van der Waals surface area (Å²) >= 11 is 3.49. The number of amides is 2. The molecule has 10 heteroatoms. The molecule has 0 saturated carbocycles. The Hall–Kier alpha value is -4.15. The van der Waals surface area contributed by atoms with Gasteiger partial charge in [-0.05, 0) is 73.5 Å². The molecule has 0 aliphatic rings. The lowest BCUT2D eigenvalue weighted by atomic mass is 10.0. The second-order valence-corrected chi connectivity index (χ2v) is 13.1. The summed E-state index contributed by atoms with van der Waals surface area (Å²) < 4.78 is 35.4. The van der Waals surface area contributed by atoms with Crippen molar-refractivity contribution in [2.24, 2.45) is 0 Å². The van der Waals surface area contributed by atoms with Crippen LogP contribution in [0.15, 0.2) is 112 Å². The molecule has 0 radical (unpaired) electrons. The van der Waals surface area contributed by atoms with Gasteiger partial charge in [0.05, 0.1) is 17.7 Å². The Morgan fingerprint density at radius 2 is 1.55 bits per heavy atom. The van der Waals surface area contributed by atoms with Crippen LogP contribution in [0.5, 0.6) is 5.75 Å². The lowest BCUT2D eigenvalue weighted by Crippen LogP contribution is -2.53. The fraction of sp³-hybridized carbons (Fsp3) is 0.235. The van der Waals surface area contributed by atoms with Crippen molar-refractivity contribution in [1.29, 1.82) is 0 Å². The number of aryl methyl sites for hydroxylation is 1. The molecule has 0 fully saturated rings. The summed E-state index contributed by atoms with van der Waals surface area (Å²) in [6, 6.07) is 29.0. The standard InChI is InChI=1S/C34H36BrN3O5S/c1-4-36-34(40)32(22-26-9-6-5-7-10-26)37(23-27-11-8-12-28(35)21-27)33(39)24-38(29-15-17-30(43-3)18-16-29)44(41,42)31-19-13-25(2)14-20-31/h5-21,32H,4,22-24H2,1-3H3,(H,36,40)/t32-/m0/s1. The third kappa shape index (κ3) is 8.27. The highest BCUT2D eigenvalue weighted by Crippen LogP contribution is 2.27. The van der Waals surface area contributed by atoms with Gasteiger partial charge in [0.15, 0.2) is 0 Å². The number of carbonyl (C=O) groups is 2. The van der Waals surface area contributed by atoms with Crippen molar-refractivity contribution in [3.8, 4) is 5.75 Å². The molecular weight excluding hydrogens is 642 g/mol. The molecule has 8 nitrogen and oxygen atoms in total. The maximum absolute atomic E-state index is 14.4. The number of hydrogen-bond donors (Lipinski definition) is 1. The van der Waals surface area contributed by atoms with Gasteiger partial charge in [-0.3, -0.25) is 13.9 Å². The van der Waals surface area contributed by atoms with Crippen LogP contribution in [0.1, 0.15) is 23.6 Å². The van der Waals surface area contributed by atoms with Crippen molar-refractivity contribution in [1.82, 2.24) is 10.2 Å². The minimum absolute atomic E-state index is 0.0508. The first-order valence-electron chi connectivity index (χ1n) is 14.2. The number of halogens is 1. The molecular formula is C34H36BrN3O5S. The molecule has 4 aromatic carbocycles. The SMILES string of the molecule is CCNC(=O)[C@H](Cc1ccccc1)N(Cc1cccc(Br)c1)C(=O)CN(c1ccc(OC)cc1)S(=O)(=O)c1ccc(C)cc1. The van der Waals surface area contributed by atoms with Gasteiger partial charge in [-0.15, -0.1) is 0 Å². The van der Waals surface area contributed by atoms with Gasteiger partial charge in [0, 0.05) is 24.0 Å². The summed E-state index contributed by atoms with van der Waals surface area (Å²) in [5.41, 5.74) is 2.85. The fourth-order valence-corrected chi connectivity index (χ4v) is 6.65. The van der Waals surface area contributed by atoms with E-state index in [0.29, 0.717) is 18.0 Å². The van der Waals surface area contributed by atoms with E-state index in [9.17, 15) is 18.0 Å². The Morgan fingerprint density at radius 1 is 0.886 bits per heavy atom. The summed E-state index contributed by atoms with van der Waals surface area (Å²) in [5.74, 6) is -0.302. The van der Waals surface area contributed by atoms with Crippen LogP contribution in [-0.2, 0) is 32.6 Å². The minimum atomic E-state index is -4.18. The number of methoxy groups -OCH3 is 1. The molecule has 0 spiro atoms. The smallest absolute Gasteiger partial charge is 0.264 e. The average molecular weight is 679 g/mol. The van der Waals surface area contributed by atoms with Crippen molar-refractivity contribution in [3.63, 3.8) is 0 Å². The van der Waals surface area contributed by atoms with Gasteiger partial charge in [-0.25, -0.2) is 8.42 Å². The van der Waals surface area contributed by atoms with E-state index >= 15 is 0 Å². The average Bonchev–Trinajstić information content (AvgIpc) is 3.02. The summed E-state index contributed by atoms with van der Waals surface area (Å²) in [5, 5.41) is 2.87. The Kier molecular flexibility index (Phi) is 11.2. The monoisotopic (exact) mass is 677 g/mol. The topological polar surface area (TPSA) is 96.0 Å². The van der Waals surface area contributed by atoms with Gasteiger partial charge in [0.2, 0.25) is 11.8 Å². The lowest BCUT2D eigenvalue weighted by molar-refractivity contribution is -0.140. The van der Waals surface area contributed by atoms with E-state index in [2.05, 4.69) is 21.2 Å². The van der Waals surface area contributed by atoms with Gasteiger partial charge in [-0.2, -0.15) is 0 Å². The van der Waals surface area contributed by atoms with Crippen molar-refractivity contribution < 1.29 is 22.7 Å². The van der Waals surface area contributed by atoms with E-state index in [-0.39, 0.29) is 23.8 Å². The second-order valence-electron chi connectivity index (χ2n) is 10.3. The number of benzene rings is 4. The van der Waals surface area contributed by atoms with Crippen LogP contribution in [0.25, 0.3) is 0 Å². The number of likely N-dealkylation sites (N-methyl/N-ethyl adjacent to an activating group) is 1. The van der Waals surface area contributed by atoms with E-state index in [1.165, 1.54) is 24.1 Å². The number of anilines is 1. The Labute approximate surface area is 267 Å². The maximum Gasteiger partial charge on any atom is 0.264 e. The first-order valence-corrected chi connectivity index (χ1v) is 16.4. The van der Waals surface area contributed by atoms with Gasteiger partial charge >= 0.3 is 0 Å². The summed E-state index contributed by atoms with van der Waals surface area (Å²) in [7, 11) is -2.66. The van der Waals surface area contributed by atoms with E-state index in [1.54, 1.807) is 36.4 Å². The Bertz CT molecular complexity index is 1660. The lowest BCUT2D eigenvalue weighted by Gasteiger charge is -2.34. The molecule has 230 valence electrons. The third-order valence-corrected chi connectivity index (χ3v) is 9.39. The zero-order valence-corrected chi connectivity index (χ0v) is 27.3. The highest BCUT2D eigenvalue weighted by atomic mass is 79.9. The van der Waals surface area contributed by atoms with Gasteiger partial charge < -0.3 is 15.0 Å². The largest absolute Gasteiger partial charge is 0.497 e. The van der Waals surface area contributed by atoms with Gasteiger partial charge in [0.1, 0.15) is 18.3 Å². The van der Waals surface area contributed by atoms with E-state index in [4.69, 9.17) is 4.74 Å². The number of nitrogens with one attached hydrogen (secondary N) is 1. The molecule has 4 aromatic rings. The summed E-state index contributed by atoms with van der Waals surface area (Å²) in [4.78, 5) is 29.5. The van der Waals surface area contributed by atoms with E-state index in [1.807, 2.05) is 68.4 Å². The van der Waals surface area contributed by atoms with Crippen LogP contribution >= 0.6 is 15.9 Å². The molecule has 0 unspecified atom stereocenters. The van der Waals surface area contributed by atoms with Crippen molar-refractivity contribution in [2.45, 2.75) is 37.8 Å². The van der Waals surface area contributed by atoms with Crippen molar-refractivity contribution in [3.05, 3.63) is 124 Å². The molecule has 0 heterocycles. The first-order chi connectivity index (χ1) is 21.1. The van der Waals surface area contributed by atoms with Crippen LogP contribution in [0, 0.1) is 6.92 Å². The minimum Gasteiger partial charge on any atom is -0.497 e. The predicted molar refractivity (Wildman–Crippen MR) is 176 cm³/mol. The molecule has 0 aliphatic heterocycles. The van der Waals surface area contributed by atoms with Crippen LogP contribution in [0.2, 0.25) is 0 Å². The molecule has 1 N–H and O–H groups in total. The van der Waals surface area contributed by atoms with Gasteiger partial charge in [0.25, 0.3) is 10.0 Å². The quantitative estimate of drug-likeness (QED) is 0.195. The van der Waals surface area contributed by atoms with Crippen LogP contribution in [-0.4, -0.2) is 51.4 Å². The first kappa shape index (κ1) is 32.8. The molecule has 44 heavy (non-hydrogen) atoms. The molecule has 4 rings (SSSR count). The highest BCUT2D eigenvalue weighted by Gasteiger charge is 2.34. The number of ether oxygens (including phenoxy) is 1. The number of sulfonamides is 1. The van der Waals surface area contributed by atoms with Crippen molar-refractivity contribution in [2.75, 3.05) is 24.5 Å². The number of rotatable bonds is 13. The fourth-order valence-electron chi connectivity index (χ4n) is 4.79. The number of carbonyl (C=O) groups excluding carboxylic acids is 2. The molecule has 2 amide bonds. The zero-order chi connectivity index (χ0) is 31.7. The zero-order valence-electron chi connectivity index (χ0n) is 24.9. The molecule has 0 bridgehead atoms. The normalized spacial score (nSPS) is 11.8. The second kappa shape index (κ2) is 15.0. The number of hydrogen-bond acceptors (Lipinski definition) is 5. The predicted octanol–water partition coefficient (Wildman–Crippen LogP) is 5.74. The van der Waals surface area contributed by atoms with Crippen molar-refractivity contribution >= 4 is 43.5 Å². The molecule has 0 saturated heterocycles. The van der Waals surface area contributed by atoms with Crippen LogP contribution < -0.4 is 14.4 Å². The summed E-state index contributed by atoms with van der Waals surface area (Å²) in [6.07, 6.45) is 0.250. The Balaban J connectivity index is 1.79. The summed E-state index contributed by atoms with van der Waals surface area (Å²) in [6.45, 7) is 3.63. The van der Waals surface area contributed by atoms with Crippen LogP contribution in [0.3, 0.4) is 0 Å². The molecule has 0 aliphatic carbocycles. The number of nitrogens with zero attached hydrogens (tertiary/aromatic N) is 2. The molecule has 1 atom stereocenters. The Morgan fingerprint density at radius 3 is 2.16 bits per heavy atom. The third-order valence-electron chi connectivity index (χ3n) is 7.11. The molecule has 0 aromatic heterocycles. The van der Waals surface area contributed by atoms with E-state index < -0.39 is 28.5 Å².